The Hall–Kier alpha value is -2.54. The van der Waals surface area contributed by atoms with Crippen LogP contribution in [0, 0.1) is 0 Å². The third kappa shape index (κ3) is 5.58. The number of ether oxygens (including phenoxy) is 1. The molecular weight excluding hydrogens is 440 g/mol. The molecule has 0 saturated carbocycles. The molecule has 164 valence electrons. The minimum atomic E-state index is -4.26. The van der Waals surface area contributed by atoms with Crippen LogP contribution in [0.15, 0.2) is 54.6 Å². The van der Waals surface area contributed by atoms with E-state index in [4.69, 9.17) is 9.26 Å². The zero-order valence-electron chi connectivity index (χ0n) is 17.1. The average molecular weight is 463 g/mol. The molecule has 3 aromatic rings. The lowest BCUT2D eigenvalue weighted by Crippen LogP contribution is -2.35. The number of para-hydroxylation sites is 1. The molecule has 0 fully saturated rings. The van der Waals surface area contributed by atoms with Crippen molar-refractivity contribution in [2.45, 2.75) is 32.2 Å². The first kappa shape index (κ1) is 23.1. The Morgan fingerprint density at radius 3 is 2.65 bits per heavy atom. The van der Waals surface area contributed by atoms with Crippen molar-refractivity contribution in [2.24, 2.45) is 0 Å². The molecule has 31 heavy (non-hydrogen) atoms. The number of carbonyl (C=O) groups excluding carboxylic acids is 2. The van der Waals surface area contributed by atoms with E-state index in [-0.39, 0.29) is 17.9 Å². The van der Waals surface area contributed by atoms with Crippen LogP contribution in [0.2, 0.25) is 0 Å². The molecule has 0 aliphatic carbocycles. The van der Waals surface area contributed by atoms with E-state index < -0.39 is 25.4 Å². The second kappa shape index (κ2) is 10.2. The molecule has 3 atom stereocenters. The number of fused-ring (bicyclic) bond motifs is 1. The number of carbonyl (C=O) groups is 2. The van der Waals surface area contributed by atoms with Crippen LogP contribution in [-0.4, -0.2) is 24.9 Å². The minimum Gasteiger partial charge on any atom is -0.465 e. The maximum absolute atomic E-state index is 15.7. The van der Waals surface area contributed by atoms with E-state index in [1.54, 1.807) is 42.5 Å². The van der Waals surface area contributed by atoms with E-state index >= 15 is 4.39 Å². The molecule has 0 spiro atoms. The average Bonchev–Trinajstić information content (AvgIpc) is 3.20. The Balaban J connectivity index is 1.93. The summed E-state index contributed by atoms with van der Waals surface area (Å²) in [5.74, 6) is -2.50. The zero-order valence-corrected chi connectivity index (χ0v) is 18.8. The smallest absolute Gasteiger partial charge is 0.355 e. The number of alkyl halides is 1. The molecule has 3 rings (SSSR count). The molecule has 9 heteroatoms. The van der Waals surface area contributed by atoms with Gasteiger partial charge in [0.1, 0.15) is 11.8 Å². The predicted octanol–water partition coefficient (Wildman–Crippen LogP) is 5.89. The van der Waals surface area contributed by atoms with Gasteiger partial charge in [0.15, 0.2) is 6.29 Å². The fraction of sp³-hybridized carbons (Fsp3) is 0.273. The fourth-order valence-corrected chi connectivity index (χ4v) is 5.68. The number of nitrogens with one attached hydrogen (secondary N) is 1. The van der Waals surface area contributed by atoms with Crippen LogP contribution in [0.25, 0.3) is 10.1 Å². The highest BCUT2D eigenvalue weighted by atomic mass is 32.1. The maximum atomic E-state index is 15.7. The summed E-state index contributed by atoms with van der Waals surface area (Å²) < 4.78 is 40.9. The van der Waals surface area contributed by atoms with Gasteiger partial charge in [-0.2, -0.15) is 0 Å². The van der Waals surface area contributed by atoms with Crippen molar-refractivity contribution in [1.29, 1.82) is 0 Å². The summed E-state index contributed by atoms with van der Waals surface area (Å²) in [4.78, 5) is 23.7. The molecule has 0 amide bonds. The first-order chi connectivity index (χ1) is 14.9. The highest BCUT2D eigenvalue weighted by molar-refractivity contribution is 7.57. The SMILES string of the molecule is CCCOC(=O)C(C)NP(=O)(Oc1ccccc1)[C@@H](F)c1ccc2sc(C=O)cc2c1. The number of hydrogen-bond donors (Lipinski definition) is 1. The van der Waals surface area contributed by atoms with Crippen LogP contribution in [-0.2, 0) is 14.1 Å². The highest BCUT2D eigenvalue weighted by Gasteiger charge is 2.40. The van der Waals surface area contributed by atoms with E-state index in [0.717, 1.165) is 11.0 Å². The van der Waals surface area contributed by atoms with E-state index in [2.05, 4.69) is 5.09 Å². The van der Waals surface area contributed by atoms with Gasteiger partial charge in [0, 0.05) is 4.70 Å². The van der Waals surface area contributed by atoms with Gasteiger partial charge in [-0.1, -0.05) is 31.2 Å². The summed E-state index contributed by atoms with van der Waals surface area (Å²) in [5, 5.41) is 3.20. The van der Waals surface area contributed by atoms with Gasteiger partial charge >= 0.3 is 13.5 Å². The molecule has 2 unspecified atom stereocenters. The van der Waals surface area contributed by atoms with E-state index in [1.165, 1.54) is 30.4 Å². The predicted molar refractivity (Wildman–Crippen MR) is 120 cm³/mol. The number of esters is 1. The van der Waals surface area contributed by atoms with Crippen molar-refractivity contribution in [2.75, 3.05) is 6.61 Å². The molecule has 6 nitrogen and oxygen atoms in total. The minimum absolute atomic E-state index is 0.114. The molecule has 0 aliphatic rings. The lowest BCUT2D eigenvalue weighted by molar-refractivity contribution is -0.145. The Morgan fingerprint density at radius 1 is 1.23 bits per heavy atom. The zero-order chi connectivity index (χ0) is 22.4. The van der Waals surface area contributed by atoms with Gasteiger partial charge in [-0.25, -0.2) is 9.48 Å². The van der Waals surface area contributed by atoms with Crippen molar-refractivity contribution < 1.29 is 27.8 Å². The summed E-state index contributed by atoms with van der Waals surface area (Å²) >= 11 is 1.28. The standard InChI is InChI=1S/C22H23FNO5PS/c1-3-11-28-22(26)15(2)24-30(27,29-18-7-5-4-6-8-18)21(23)16-9-10-20-17(12-16)13-19(14-25)31-20/h4-10,12-15,21H,3,11H2,1-2H3,(H,24,27)/t15?,21-,30?/m1/s1. The molecule has 0 radical (unpaired) electrons. The summed E-state index contributed by atoms with van der Waals surface area (Å²) in [5.41, 5.74) is 0.114. The Bertz CT molecular complexity index is 1100. The second-order valence-corrected chi connectivity index (χ2v) is 10.1. The van der Waals surface area contributed by atoms with Crippen molar-refractivity contribution in [3.05, 3.63) is 65.0 Å². The normalized spacial score (nSPS) is 15.1. The van der Waals surface area contributed by atoms with E-state index in [9.17, 15) is 14.2 Å². The van der Waals surface area contributed by atoms with Crippen LogP contribution in [0.3, 0.4) is 0 Å². The Kier molecular flexibility index (Phi) is 7.59. The summed E-state index contributed by atoms with van der Waals surface area (Å²) in [6.07, 6.45) is 1.36. The summed E-state index contributed by atoms with van der Waals surface area (Å²) in [6, 6.07) is 13.5. The van der Waals surface area contributed by atoms with Gasteiger partial charge in [-0.15, -0.1) is 11.3 Å². The number of thiophene rings is 1. The molecule has 0 aliphatic heterocycles. The fourth-order valence-electron chi connectivity index (χ4n) is 2.91. The third-order valence-corrected chi connectivity index (χ3v) is 7.57. The Morgan fingerprint density at radius 2 is 1.97 bits per heavy atom. The van der Waals surface area contributed by atoms with E-state index in [1.807, 2.05) is 6.92 Å². The lowest BCUT2D eigenvalue weighted by atomic mass is 10.2. The first-order valence-corrected chi connectivity index (χ1v) is 12.3. The molecular formula is C22H23FNO5PS. The van der Waals surface area contributed by atoms with Crippen LogP contribution in [0.4, 0.5) is 4.39 Å². The monoisotopic (exact) mass is 463 g/mol. The number of benzene rings is 2. The maximum Gasteiger partial charge on any atom is 0.355 e. The van der Waals surface area contributed by atoms with Crippen LogP contribution < -0.4 is 9.61 Å². The van der Waals surface area contributed by atoms with Gasteiger partial charge in [0.25, 0.3) is 0 Å². The molecule has 0 bridgehead atoms. The summed E-state index contributed by atoms with van der Waals surface area (Å²) in [6.45, 7) is 3.51. The van der Waals surface area contributed by atoms with E-state index in [0.29, 0.717) is 16.7 Å². The van der Waals surface area contributed by atoms with Gasteiger partial charge in [-0.05, 0) is 54.6 Å². The van der Waals surface area contributed by atoms with Gasteiger partial charge < -0.3 is 9.26 Å². The van der Waals surface area contributed by atoms with Gasteiger partial charge in [0.2, 0.25) is 5.91 Å². The van der Waals surface area contributed by atoms with Crippen LogP contribution in [0.5, 0.6) is 5.75 Å². The topological polar surface area (TPSA) is 81.7 Å². The molecule has 2 aromatic carbocycles. The number of aldehydes is 1. The third-order valence-electron chi connectivity index (χ3n) is 4.41. The molecule has 0 saturated heterocycles. The van der Waals surface area contributed by atoms with Crippen molar-refractivity contribution >= 4 is 41.2 Å². The molecule has 1 heterocycles. The largest absolute Gasteiger partial charge is 0.465 e. The first-order valence-electron chi connectivity index (χ1n) is 9.78. The second-order valence-electron chi connectivity index (χ2n) is 6.92. The molecule has 1 aromatic heterocycles. The van der Waals surface area contributed by atoms with Crippen molar-refractivity contribution in [1.82, 2.24) is 5.09 Å². The lowest BCUT2D eigenvalue weighted by Gasteiger charge is -2.26. The number of rotatable bonds is 10. The highest BCUT2D eigenvalue weighted by Crippen LogP contribution is 2.58. The van der Waals surface area contributed by atoms with Crippen molar-refractivity contribution in [3.8, 4) is 5.75 Å². The summed E-state index contributed by atoms with van der Waals surface area (Å²) in [7, 11) is -4.26. The van der Waals surface area contributed by atoms with Crippen molar-refractivity contribution in [3.63, 3.8) is 0 Å². The number of hydrogen-bond acceptors (Lipinski definition) is 6. The quantitative estimate of drug-likeness (QED) is 0.230. The van der Waals surface area contributed by atoms with Gasteiger partial charge in [0.05, 0.1) is 11.5 Å². The molecule has 1 N–H and O–H groups in total. The van der Waals surface area contributed by atoms with Crippen LogP contribution >= 0.6 is 18.9 Å². The number of halogens is 1. The Labute approximate surface area is 183 Å². The van der Waals surface area contributed by atoms with Gasteiger partial charge in [-0.3, -0.25) is 14.2 Å². The van der Waals surface area contributed by atoms with Crippen LogP contribution in [0.1, 0.15) is 41.4 Å².